The van der Waals surface area contributed by atoms with E-state index in [0.29, 0.717) is 22.1 Å². The summed E-state index contributed by atoms with van der Waals surface area (Å²) in [6.45, 7) is 0.632. The molecule has 0 aliphatic rings. The van der Waals surface area contributed by atoms with E-state index in [4.69, 9.17) is 11.6 Å². The minimum absolute atomic E-state index is 0.0186. The number of hydrogen-bond donors (Lipinski definition) is 1. The maximum atomic E-state index is 12.4. The second kappa shape index (κ2) is 6.73. The van der Waals surface area contributed by atoms with Crippen molar-refractivity contribution < 1.29 is 4.79 Å². The van der Waals surface area contributed by atoms with Crippen LogP contribution in [0.25, 0.3) is 0 Å². The van der Waals surface area contributed by atoms with E-state index in [-0.39, 0.29) is 5.78 Å². The number of carbonyl (C=O) groups excluding carboxylic acids is 1. The molecule has 0 saturated carbocycles. The summed E-state index contributed by atoms with van der Waals surface area (Å²) >= 11 is 7.25. The molecule has 110 valence electrons. The fourth-order valence-corrected chi connectivity index (χ4v) is 3.00. The predicted octanol–water partition coefficient (Wildman–Crippen LogP) is 4.64. The number of hydrogen-bond acceptors (Lipinski definition) is 4. The molecule has 22 heavy (non-hydrogen) atoms. The Morgan fingerprint density at radius 3 is 2.59 bits per heavy atom. The first-order valence-corrected chi connectivity index (χ1v) is 7.96. The van der Waals surface area contributed by atoms with Gasteiger partial charge in [0.15, 0.2) is 10.3 Å². The largest absolute Gasteiger partial charge is 0.380 e. The molecular weight excluding hydrogens is 316 g/mol. The summed E-state index contributed by atoms with van der Waals surface area (Å²) in [5.41, 5.74) is 2.25. The Kier molecular flexibility index (Phi) is 4.51. The molecule has 0 aliphatic carbocycles. The van der Waals surface area contributed by atoms with Crippen molar-refractivity contribution in [2.75, 3.05) is 5.32 Å². The van der Waals surface area contributed by atoms with Gasteiger partial charge in [-0.3, -0.25) is 4.79 Å². The molecule has 3 rings (SSSR count). The van der Waals surface area contributed by atoms with E-state index in [0.717, 1.165) is 10.6 Å². The van der Waals surface area contributed by atoms with Crippen LogP contribution in [-0.4, -0.2) is 10.8 Å². The van der Waals surface area contributed by atoms with Gasteiger partial charge in [-0.1, -0.05) is 54.1 Å². The molecule has 3 nitrogen and oxygen atoms in total. The van der Waals surface area contributed by atoms with Crippen LogP contribution in [0.3, 0.4) is 0 Å². The van der Waals surface area contributed by atoms with E-state index in [9.17, 15) is 4.79 Å². The molecule has 2 aromatic carbocycles. The maximum absolute atomic E-state index is 12.4. The van der Waals surface area contributed by atoms with E-state index in [1.54, 1.807) is 6.20 Å². The first-order valence-electron chi connectivity index (χ1n) is 6.76. The first kappa shape index (κ1) is 14.8. The Hall–Kier alpha value is -2.17. The van der Waals surface area contributed by atoms with Crippen LogP contribution in [0.15, 0.2) is 60.8 Å². The highest BCUT2D eigenvalue weighted by Crippen LogP contribution is 2.20. The number of carbonyl (C=O) groups is 1. The van der Waals surface area contributed by atoms with Crippen molar-refractivity contribution >= 4 is 34.4 Å². The summed E-state index contributed by atoms with van der Waals surface area (Å²) in [5, 5.41) is 3.28. The summed E-state index contributed by atoms with van der Waals surface area (Å²) < 4.78 is 0.532. The number of nitrogens with one attached hydrogen (secondary N) is 1. The second-order valence-electron chi connectivity index (χ2n) is 4.71. The van der Waals surface area contributed by atoms with E-state index < -0.39 is 0 Å². The zero-order valence-electron chi connectivity index (χ0n) is 11.6. The lowest BCUT2D eigenvalue weighted by Gasteiger charge is -2.07. The van der Waals surface area contributed by atoms with Crippen LogP contribution in [0.5, 0.6) is 0 Å². The highest BCUT2D eigenvalue weighted by Gasteiger charge is 2.09. The Bertz CT molecular complexity index is 786. The average Bonchev–Trinajstić information content (AvgIpc) is 2.99. The summed E-state index contributed by atoms with van der Waals surface area (Å²) in [6, 6.07) is 16.8. The topological polar surface area (TPSA) is 42.0 Å². The van der Waals surface area contributed by atoms with Gasteiger partial charge in [0.25, 0.3) is 0 Å². The summed E-state index contributed by atoms with van der Waals surface area (Å²) in [4.78, 5) is 17.5. The number of nitrogens with zero attached hydrogens (tertiary/aromatic N) is 1. The fourth-order valence-electron chi connectivity index (χ4n) is 2.08. The number of rotatable bonds is 5. The smallest absolute Gasteiger partial charge is 0.193 e. The van der Waals surface area contributed by atoms with Crippen molar-refractivity contribution in [2.24, 2.45) is 0 Å². The summed E-state index contributed by atoms with van der Waals surface area (Å²) in [6.07, 6.45) is 1.75. The van der Waals surface area contributed by atoms with Crippen molar-refractivity contribution in [3.63, 3.8) is 0 Å². The summed E-state index contributed by atoms with van der Waals surface area (Å²) in [5.74, 6) is 0.0186. The van der Waals surface area contributed by atoms with Gasteiger partial charge < -0.3 is 5.32 Å². The number of ketones is 1. The number of aromatic nitrogens is 1. The van der Waals surface area contributed by atoms with E-state index >= 15 is 0 Å². The lowest BCUT2D eigenvalue weighted by Crippen LogP contribution is -2.03. The average molecular weight is 329 g/mol. The third kappa shape index (κ3) is 3.53. The van der Waals surface area contributed by atoms with Gasteiger partial charge in [-0.15, -0.1) is 11.3 Å². The third-order valence-corrected chi connectivity index (χ3v) is 4.27. The molecule has 0 amide bonds. The van der Waals surface area contributed by atoms with Gasteiger partial charge in [0.05, 0.1) is 6.54 Å². The zero-order valence-corrected chi connectivity index (χ0v) is 13.2. The predicted molar refractivity (Wildman–Crippen MR) is 90.8 cm³/mol. The Balaban J connectivity index is 1.73. The van der Waals surface area contributed by atoms with Gasteiger partial charge in [-0.2, -0.15) is 0 Å². The molecule has 0 atom stereocenters. The Morgan fingerprint density at radius 1 is 1.09 bits per heavy atom. The molecule has 0 radical (unpaired) electrons. The summed E-state index contributed by atoms with van der Waals surface area (Å²) in [7, 11) is 0. The van der Waals surface area contributed by atoms with Gasteiger partial charge in [0.1, 0.15) is 0 Å². The lowest BCUT2D eigenvalue weighted by atomic mass is 10.0. The SMILES string of the molecule is O=C(c1ccccc1)c1cccc(NCc2cnc(Cl)s2)c1. The molecule has 0 fully saturated rings. The van der Waals surface area contributed by atoms with Gasteiger partial charge in [-0.05, 0) is 12.1 Å². The van der Waals surface area contributed by atoms with Crippen molar-refractivity contribution in [1.82, 2.24) is 4.98 Å². The molecule has 3 aromatic rings. The number of thiazole rings is 1. The van der Waals surface area contributed by atoms with Crippen LogP contribution in [0.2, 0.25) is 4.47 Å². The monoisotopic (exact) mass is 328 g/mol. The normalized spacial score (nSPS) is 10.4. The van der Waals surface area contributed by atoms with E-state index in [1.807, 2.05) is 54.6 Å². The second-order valence-corrected chi connectivity index (χ2v) is 6.41. The van der Waals surface area contributed by atoms with Crippen LogP contribution in [0.4, 0.5) is 5.69 Å². The number of halogens is 1. The molecule has 0 bridgehead atoms. The van der Waals surface area contributed by atoms with Crippen LogP contribution in [-0.2, 0) is 6.54 Å². The molecule has 5 heteroatoms. The van der Waals surface area contributed by atoms with Crippen LogP contribution in [0.1, 0.15) is 20.8 Å². The first-order chi connectivity index (χ1) is 10.7. The van der Waals surface area contributed by atoms with E-state index in [2.05, 4.69) is 10.3 Å². The fraction of sp³-hybridized carbons (Fsp3) is 0.0588. The van der Waals surface area contributed by atoms with E-state index in [1.165, 1.54) is 11.3 Å². The zero-order chi connectivity index (χ0) is 15.4. The minimum Gasteiger partial charge on any atom is -0.380 e. The highest BCUT2D eigenvalue weighted by atomic mass is 35.5. The molecule has 0 spiro atoms. The highest BCUT2D eigenvalue weighted by molar-refractivity contribution is 7.15. The lowest BCUT2D eigenvalue weighted by molar-refractivity contribution is 0.103. The molecule has 0 aliphatic heterocycles. The molecule has 1 aromatic heterocycles. The Morgan fingerprint density at radius 2 is 1.86 bits per heavy atom. The van der Waals surface area contributed by atoms with Crippen molar-refractivity contribution in [3.8, 4) is 0 Å². The van der Waals surface area contributed by atoms with Crippen LogP contribution >= 0.6 is 22.9 Å². The quantitative estimate of drug-likeness (QED) is 0.694. The Labute approximate surface area is 137 Å². The number of benzene rings is 2. The van der Waals surface area contributed by atoms with Crippen LogP contribution < -0.4 is 5.32 Å². The van der Waals surface area contributed by atoms with Crippen molar-refractivity contribution in [1.29, 1.82) is 0 Å². The van der Waals surface area contributed by atoms with Gasteiger partial charge in [-0.25, -0.2) is 4.98 Å². The molecule has 0 unspecified atom stereocenters. The van der Waals surface area contributed by atoms with Gasteiger partial charge >= 0.3 is 0 Å². The molecule has 0 saturated heterocycles. The van der Waals surface area contributed by atoms with Gasteiger partial charge in [0, 0.05) is 27.9 Å². The minimum atomic E-state index is 0.0186. The number of anilines is 1. The van der Waals surface area contributed by atoms with Crippen molar-refractivity contribution in [2.45, 2.75) is 6.54 Å². The maximum Gasteiger partial charge on any atom is 0.193 e. The standard InChI is InChI=1S/C17H13ClN2OS/c18-17-20-11-15(22-17)10-19-14-8-4-7-13(9-14)16(21)12-5-2-1-3-6-12/h1-9,11,19H,10H2. The third-order valence-electron chi connectivity index (χ3n) is 3.15. The molecule has 1 N–H and O–H groups in total. The molecular formula is C17H13ClN2OS. The van der Waals surface area contributed by atoms with Gasteiger partial charge in [0.2, 0.25) is 0 Å². The van der Waals surface area contributed by atoms with Crippen molar-refractivity contribution in [3.05, 3.63) is 81.3 Å². The molecule has 1 heterocycles. The van der Waals surface area contributed by atoms with Crippen LogP contribution in [0, 0.1) is 0 Å².